The third-order valence-corrected chi connectivity index (χ3v) is 4.57. The molecule has 1 aliphatic rings. The van der Waals surface area contributed by atoms with Crippen LogP contribution in [0.3, 0.4) is 0 Å². The third-order valence-electron chi connectivity index (χ3n) is 4.57. The van der Waals surface area contributed by atoms with Crippen LogP contribution in [0.5, 0.6) is 5.75 Å². The number of hydrogen-bond donors (Lipinski definition) is 2. The van der Waals surface area contributed by atoms with Crippen LogP contribution in [0.25, 0.3) is 10.8 Å². The highest BCUT2D eigenvalue weighted by Crippen LogP contribution is 2.51. The van der Waals surface area contributed by atoms with Gasteiger partial charge in [-0.15, -0.1) is 0 Å². The zero-order valence-corrected chi connectivity index (χ0v) is 12.7. The topological polar surface area (TPSA) is 75.8 Å². The number of rotatable bonds is 4. The maximum absolute atomic E-state index is 11.0. The number of nitrogens with zero attached hydrogens (tertiary/aromatic N) is 1. The van der Waals surface area contributed by atoms with Crippen LogP contribution in [0.2, 0.25) is 0 Å². The van der Waals surface area contributed by atoms with Crippen molar-refractivity contribution in [2.75, 3.05) is 7.11 Å². The van der Waals surface area contributed by atoms with E-state index in [0.29, 0.717) is 11.0 Å². The van der Waals surface area contributed by atoms with Crippen LogP contribution in [-0.4, -0.2) is 29.5 Å². The molecule has 1 saturated carbocycles. The summed E-state index contributed by atoms with van der Waals surface area (Å²) in [6.07, 6.45) is 0.952. The summed E-state index contributed by atoms with van der Waals surface area (Å²) in [6, 6.07) is 11.3. The molecule has 2 aromatic carbocycles. The van der Waals surface area contributed by atoms with Crippen LogP contribution in [0.4, 0.5) is 4.79 Å². The van der Waals surface area contributed by atoms with Gasteiger partial charge in [0.05, 0.1) is 13.2 Å². The molecule has 0 spiro atoms. The first-order valence-electron chi connectivity index (χ1n) is 7.36. The van der Waals surface area contributed by atoms with Crippen molar-refractivity contribution in [1.29, 1.82) is 0 Å². The lowest BCUT2D eigenvalue weighted by Crippen LogP contribution is -2.40. The molecule has 1 fully saturated rings. The molecular formula is C17H20N2O3. The van der Waals surface area contributed by atoms with E-state index in [1.807, 2.05) is 25.1 Å². The van der Waals surface area contributed by atoms with Gasteiger partial charge in [-0.2, -0.15) is 0 Å². The number of carbonyl (C=O) groups excluding carboxylic acids is 1. The number of amides is 2. The molecule has 2 amide bonds. The Morgan fingerprint density at radius 1 is 1.32 bits per heavy atom. The number of hydroxylamine groups is 2. The minimum Gasteiger partial charge on any atom is -0.497 e. The molecule has 0 saturated heterocycles. The van der Waals surface area contributed by atoms with Crippen molar-refractivity contribution in [3.8, 4) is 5.75 Å². The fourth-order valence-corrected chi connectivity index (χ4v) is 3.11. The molecule has 5 nitrogen and oxygen atoms in total. The van der Waals surface area contributed by atoms with Gasteiger partial charge in [-0.1, -0.05) is 24.3 Å². The molecule has 116 valence electrons. The zero-order chi connectivity index (χ0) is 15.9. The van der Waals surface area contributed by atoms with Gasteiger partial charge in [0.25, 0.3) is 0 Å². The summed E-state index contributed by atoms with van der Waals surface area (Å²) in [5, 5.41) is 12.6. The Morgan fingerprint density at radius 3 is 2.68 bits per heavy atom. The summed E-state index contributed by atoms with van der Waals surface area (Å²) in [6.45, 7) is 1.82. The lowest BCUT2D eigenvalue weighted by Gasteiger charge is -2.20. The zero-order valence-electron chi connectivity index (χ0n) is 12.7. The van der Waals surface area contributed by atoms with Gasteiger partial charge in [-0.05, 0) is 53.6 Å². The van der Waals surface area contributed by atoms with Gasteiger partial charge >= 0.3 is 6.03 Å². The molecule has 2 aromatic rings. The average molecular weight is 300 g/mol. The molecule has 22 heavy (non-hydrogen) atoms. The Kier molecular flexibility index (Phi) is 3.66. The highest BCUT2D eigenvalue weighted by Gasteiger charge is 2.44. The lowest BCUT2D eigenvalue weighted by molar-refractivity contribution is -0.0760. The molecule has 1 aliphatic carbocycles. The van der Waals surface area contributed by atoms with Gasteiger partial charge < -0.3 is 10.5 Å². The van der Waals surface area contributed by atoms with E-state index in [2.05, 4.69) is 18.2 Å². The van der Waals surface area contributed by atoms with Crippen LogP contribution in [0, 0.1) is 5.92 Å². The predicted octanol–water partition coefficient (Wildman–Crippen LogP) is 3.11. The summed E-state index contributed by atoms with van der Waals surface area (Å²) in [7, 11) is 1.66. The minimum atomic E-state index is -0.802. The number of benzene rings is 2. The van der Waals surface area contributed by atoms with E-state index in [9.17, 15) is 10.0 Å². The van der Waals surface area contributed by atoms with E-state index in [0.717, 1.165) is 22.9 Å². The van der Waals surface area contributed by atoms with Gasteiger partial charge in [-0.3, -0.25) is 5.21 Å². The SMILES string of the molecule is COc1ccc2cc([C@@H]3C[C@H]3C(C)N(O)C(N)=O)ccc2c1. The van der Waals surface area contributed by atoms with Crippen molar-refractivity contribution >= 4 is 16.8 Å². The number of urea groups is 1. The molecule has 3 rings (SSSR count). The molecule has 0 heterocycles. The van der Waals surface area contributed by atoms with Crippen molar-refractivity contribution in [3.05, 3.63) is 42.0 Å². The lowest BCUT2D eigenvalue weighted by atomic mass is 10.0. The maximum Gasteiger partial charge on any atom is 0.338 e. The van der Waals surface area contributed by atoms with Gasteiger partial charge in [0.15, 0.2) is 0 Å². The van der Waals surface area contributed by atoms with Crippen LogP contribution >= 0.6 is 0 Å². The van der Waals surface area contributed by atoms with Crippen molar-refractivity contribution in [3.63, 3.8) is 0 Å². The largest absolute Gasteiger partial charge is 0.497 e. The summed E-state index contributed by atoms with van der Waals surface area (Å²) in [4.78, 5) is 11.0. The molecule has 0 radical (unpaired) electrons. The quantitative estimate of drug-likeness (QED) is 0.673. The standard InChI is InChI=1S/C17H20N2O3/c1-10(19(21)17(18)20)15-9-16(15)13-4-3-12-8-14(22-2)6-5-11(12)7-13/h3-8,10,15-16,21H,9H2,1-2H3,(H2,18,20)/t10?,15-,16-/m0/s1. The maximum atomic E-state index is 11.0. The number of nitrogens with two attached hydrogens (primary N) is 1. The van der Waals surface area contributed by atoms with E-state index in [-0.39, 0.29) is 12.0 Å². The number of primary amides is 1. The molecule has 3 N–H and O–H groups in total. The van der Waals surface area contributed by atoms with E-state index in [4.69, 9.17) is 10.5 Å². The average Bonchev–Trinajstić information content (AvgIpc) is 3.32. The summed E-state index contributed by atoms with van der Waals surface area (Å²) < 4.78 is 5.23. The molecule has 0 aromatic heterocycles. The fourth-order valence-electron chi connectivity index (χ4n) is 3.11. The smallest absolute Gasteiger partial charge is 0.338 e. The van der Waals surface area contributed by atoms with Gasteiger partial charge in [0.2, 0.25) is 0 Å². The second-order valence-corrected chi connectivity index (χ2v) is 5.90. The first-order chi connectivity index (χ1) is 10.5. The molecule has 1 unspecified atom stereocenters. The van der Waals surface area contributed by atoms with Crippen molar-refractivity contribution < 1.29 is 14.7 Å². The first-order valence-corrected chi connectivity index (χ1v) is 7.36. The minimum absolute atomic E-state index is 0.244. The van der Waals surface area contributed by atoms with Crippen molar-refractivity contribution in [2.24, 2.45) is 11.7 Å². The van der Waals surface area contributed by atoms with E-state index in [1.54, 1.807) is 7.11 Å². The highest BCUT2D eigenvalue weighted by atomic mass is 16.5. The molecular weight excluding hydrogens is 280 g/mol. The van der Waals surface area contributed by atoms with E-state index >= 15 is 0 Å². The Bertz CT molecular complexity index is 716. The van der Waals surface area contributed by atoms with Crippen molar-refractivity contribution in [1.82, 2.24) is 5.06 Å². The molecule has 0 bridgehead atoms. The fraction of sp³-hybridized carbons (Fsp3) is 0.353. The van der Waals surface area contributed by atoms with Crippen LogP contribution < -0.4 is 10.5 Å². The molecule has 5 heteroatoms. The number of carbonyl (C=O) groups is 1. The second-order valence-electron chi connectivity index (χ2n) is 5.90. The highest BCUT2D eigenvalue weighted by molar-refractivity contribution is 5.84. The second kappa shape index (κ2) is 5.50. The van der Waals surface area contributed by atoms with Gasteiger partial charge in [0, 0.05) is 0 Å². The van der Waals surface area contributed by atoms with E-state index < -0.39 is 6.03 Å². The summed E-state index contributed by atoms with van der Waals surface area (Å²) in [5.74, 6) is 1.44. The van der Waals surface area contributed by atoms with Crippen LogP contribution in [0.1, 0.15) is 24.8 Å². The predicted molar refractivity (Wildman–Crippen MR) is 84.0 cm³/mol. The number of hydrogen-bond acceptors (Lipinski definition) is 3. The van der Waals surface area contributed by atoms with E-state index in [1.165, 1.54) is 5.56 Å². The summed E-state index contributed by atoms with van der Waals surface area (Å²) >= 11 is 0. The van der Waals surface area contributed by atoms with Gasteiger partial charge in [0.1, 0.15) is 5.75 Å². The first kappa shape index (κ1) is 14.7. The van der Waals surface area contributed by atoms with Crippen LogP contribution in [0.15, 0.2) is 36.4 Å². The Hall–Kier alpha value is -2.27. The Labute approximate surface area is 129 Å². The van der Waals surface area contributed by atoms with Gasteiger partial charge in [-0.25, -0.2) is 9.86 Å². The van der Waals surface area contributed by atoms with Crippen LogP contribution in [-0.2, 0) is 0 Å². The third kappa shape index (κ3) is 2.60. The monoisotopic (exact) mass is 300 g/mol. The normalized spacial score (nSPS) is 21.4. The Morgan fingerprint density at radius 2 is 2.00 bits per heavy atom. The number of ether oxygens (including phenoxy) is 1. The number of fused-ring (bicyclic) bond motifs is 1. The number of methoxy groups -OCH3 is 1. The van der Waals surface area contributed by atoms with Crippen molar-refractivity contribution in [2.45, 2.75) is 25.3 Å². The molecule has 3 atom stereocenters. The summed E-state index contributed by atoms with van der Waals surface area (Å²) in [5.41, 5.74) is 6.34. The Balaban J connectivity index is 1.79. The molecule has 0 aliphatic heterocycles.